The summed E-state index contributed by atoms with van der Waals surface area (Å²) < 4.78 is 35.1. The number of nitrogens with one attached hydrogen (secondary N) is 1. The fraction of sp³-hybridized carbons (Fsp3) is 0.533. The average Bonchev–Trinajstić information content (AvgIpc) is 2.50. The van der Waals surface area contributed by atoms with E-state index in [1.807, 2.05) is 6.92 Å². The molecule has 0 bridgehead atoms. The highest BCUT2D eigenvalue weighted by Gasteiger charge is 2.24. The maximum Gasteiger partial charge on any atom is 0.239 e. The molecular weight excluding hydrogens is 320 g/mol. The Morgan fingerprint density at radius 2 is 1.87 bits per heavy atom. The molecule has 0 saturated heterocycles. The average molecular weight is 344 g/mol. The Balaban J connectivity index is 2.87. The van der Waals surface area contributed by atoms with E-state index in [0.717, 1.165) is 6.26 Å². The Labute approximate surface area is 137 Å². The van der Waals surface area contributed by atoms with Gasteiger partial charge in [0, 0.05) is 17.8 Å². The van der Waals surface area contributed by atoms with Crippen LogP contribution < -0.4 is 14.8 Å². The number of hydrogen-bond acceptors (Lipinski definition) is 5. The number of anilines is 1. The number of rotatable bonds is 8. The van der Waals surface area contributed by atoms with Gasteiger partial charge >= 0.3 is 0 Å². The minimum absolute atomic E-state index is 0.234. The molecule has 0 spiro atoms. The van der Waals surface area contributed by atoms with Crippen molar-refractivity contribution in [2.24, 2.45) is 0 Å². The number of nitrogens with zero attached hydrogens (tertiary/aromatic N) is 1. The highest BCUT2D eigenvalue weighted by Crippen LogP contribution is 2.29. The number of benzene rings is 1. The third kappa shape index (κ3) is 5.40. The van der Waals surface area contributed by atoms with E-state index in [-0.39, 0.29) is 12.6 Å². The first-order valence-electron chi connectivity index (χ1n) is 7.21. The van der Waals surface area contributed by atoms with Crippen LogP contribution in [-0.2, 0) is 14.8 Å². The van der Waals surface area contributed by atoms with Crippen LogP contribution in [0.1, 0.15) is 20.3 Å². The van der Waals surface area contributed by atoms with Gasteiger partial charge in [0.1, 0.15) is 0 Å². The topological polar surface area (TPSA) is 84.9 Å². The second-order valence-electron chi connectivity index (χ2n) is 5.18. The standard InChI is InChI=1S/C15H24N2O5S/c1-6-11(2)17(23(5,19)20)10-15(18)16-12-7-8-13(21-3)14(9-12)22-4/h7-9,11H,6,10H2,1-5H3,(H,16,18). The van der Waals surface area contributed by atoms with Gasteiger partial charge in [-0.3, -0.25) is 4.79 Å². The number of carbonyl (C=O) groups is 1. The van der Waals surface area contributed by atoms with Crippen LogP contribution in [-0.4, -0.2) is 51.7 Å². The van der Waals surface area contributed by atoms with Crippen molar-refractivity contribution >= 4 is 21.6 Å². The first-order valence-corrected chi connectivity index (χ1v) is 9.06. The molecule has 0 aliphatic rings. The number of sulfonamides is 1. The Morgan fingerprint density at radius 1 is 1.26 bits per heavy atom. The number of hydrogen-bond donors (Lipinski definition) is 1. The van der Waals surface area contributed by atoms with Crippen LogP contribution in [0.4, 0.5) is 5.69 Å². The molecular formula is C15H24N2O5S. The molecule has 1 amide bonds. The monoisotopic (exact) mass is 344 g/mol. The summed E-state index contributed by atoms with van der Waals surface area (Å²) in [5.74, 6) is 0.609. The van der Waals surface area contributed by atoms with E-state index in [1.54, 1.807) is 25.1 Å². The Hall–Kier alpha value is -1.80. The van der Waals surface area contributed by atoms with Crippen LogP contribution in [0.5, 0.6) is 11.5 Å². The second-order valence-corrected chi connectivity index (χ2v) is 7.12. The zero-order valence-electron chi connectivity index (χ0n) is 14.1. The predicted octanol–water partition coefficient (Wildman–Crippen LogP) is 1.70. The fourth-order valence-electron chi connectivity index (χ4n) is 2.06. The quantitative estimate of drug-likeness (QED) is 0.776. The lowest BCUT2D eigenvalue weighted by Crippen LogP contribution is -2.42. The number of ether oxygens (including phenoxy) is 2. The third-order valence-corrected chi connectivity index (χ3v) is 4.82. The van der Waals surface area contributed by atoms with Gasteiger partial charge in [-0.25, -0.2) is 8.42 Å². The van der Waals surface area contributed by atoms with Gasteiger partial charge in [0.15, 0.2) is 11.5 Å². The van der Waals surface area contributed by atoms with Crippen LogP contribution in [0.2, 0.25) is 0 Å². The first kappa shape index (κ1) is 19.2. The van der Waals surface area contributed by atoms with Crippen LogP contribution in [0.3, 0.4) is 0 Å². The van der Waals surface area contributed by atoms with Gasteiger partial charge in [-0.05, 0) is 25.5 Å². The number of amides is 1. The van der Waals surface area contributed by atoms with Gasteiger partial charge in [0.2, 0.25) is 15.9 Å². The minimum Gasteiger partial charge on any atom is -0.493 e. The summed E-state index contributed by atoms with van der Waals surface area (Å²) in [6.07, 6.45) is 1.72. The van der Waals surface area contributed by atoms with Crippen molar-refractivity contribution < 1.29 is 22.7 Å². The van der Waals surface area contributed by atoms with E-state index in [9.17, 15) is 13.2 Å². The second kappa shape index (κ2) is 8.16. The third-order valence-electron chi connectivity index (χ3n) is 3.48. The molecule has 0 aromatic heterocycles. The smallest absolute Gasteiger partial charge is 0.239 e. The summed E-state index contributed by atoms with van der Waals surface area (Å²) in [7, 11) is -0.441. The first-order chi connectivity index (χ1) is 10.7. The van der Waals surface area contributed by atoms with E-state index in [2.05, 4.69) is 5.32 Å². The zero-order valence-corrected chi connectivity index (χ0v) is 14.9. The van der Waals surface area contributed by atoms with Crippen LogP contribution >= 0.6 is 0 Å². The largest absolute Gasteiger partial charge is 0.493 e. The van der Waals surface area contributed by atoms with Crippen molar-refractivity contribution in [3.63, 3.8) is 0 Å². The van der Waals surface area contributed by atoms with E-state index in [1.165, 1.54) is 18.5 Å². The lowest BCUT2D eigenvalue weighted by Gasteiger charge is -2.25. The van der Waals surface area contributed by atoms with Gasteiger partial charge in [0.25, 0.3) is 0 Å². The van der Waals surface area contributed by atoms with Crippen molar-refractivity contribution in [2.75, 3.05) is 32.3 Å². The molecule has 1 rings (SSSR count). The molecule has 1 aromatic carbocycles. The zero-order chi connectivity index (χ0) is 17.6. The van der Waals surface area contributed by atoms with Crippen molar-refractivity contribution in [2.45, 2.75) is 26.3 Å². The summed E-state index contributed by atoms with van der Waals surface area (Å²) >= 11 is 0. The van der Waals surface area contributed by atoms with E-state index in [4.69, 9.17) is 9.47 Å². The van der Waals surface area contributed by atoms with Crippen molar-refractivity contribution in [1.82, 2.24) is 4.31 Å². The maximum atomic E-state index is 12.2. The molecule has 7 nitrogen and oxygen atoms in total. The molecule has 0 aliphatic carbocycles. The molecule has 1 unspecified atom stereocenters. The SMILES string of the molecule is CCC(C)N(CC(=O)Nc1ccc(OC)c(OC)c1)S(C)(=O)=O. The molecule has 0 heterocycles. The van der Waals surface area contributed by atoms with Crippen molar-refractivity contribution in [1.29, 1.82) is 0 Å². The Morgan fingerprint density at radius 3 is 2.35 bits per heavy atom. The number of methoxy groups -OCH3 is 2. The molecule has 0 fully saturated rings. The number of carbonyl (C=O) groups excluding carboxylic acids is 1. The molecule has 1 N–H and O–H groups in total. The lowest BCUT2D eigenvalue weighted by atomic mass is 10.2. The van der Waals surface area contributed by atoms with Crippen molar-refractivity contribution in [3.8, 4) is 11.5 Å². The molecule has 1 atom stereocenters. The highest BCUT2D eigenvalue weighted by molar-refractivity contribution is 7.88. The van der Waals surface area contributed by atoms with Gasteiger partial charge in [0.05, 0.1) is 27.0 Å². The summed E-state index contributed by atoms with van der Waals surface area (Å²) in [5, 5.41) is 2.67. The van der Waals surface area contributed by atoms with Gasteiger partial charge < -0.3 is 14.8 Å². The molecule has 23 heavy (non-hydrogen) atoms. The Kier molecular flexibility index (Phi) is 6.83. The summed E-state index contributed by atoms with van der Waals surface area (Å²) in [4.78, 5) is 12.2. The van der Waals surface area contributed by atoms with Crippen LogP contribution in [0, 0.1) is 0 Å². The van der Waals surface area contributed by atoms with E-state index >= 15 is 0 Å². The summed E-state index contributed by atoms with van der Waals surface area (Å²) in [6.45, 7) is 3.40. The normalized spacial score (nSPS) is 12.8. The molecule has 0 saturated carbocycles. The predicted molar refractivity (Wildman–Crippen MR) is 89.5 cm³/mol. The van der Waals surface area contributed by atoms with Crippen molar-refractivity contribution in [3.05, 3.63) is 18.2 Å². The van der Waals surface area contributed by atoms with Gasteiger partial charge in [-0.15, -0.1) is 0 Å². The minimum atomic E-state index is -3.46. The Bertz CT molecular complexity index is 645. The molecule has 0 aliphatic heterocycles. The van der Waals surface area contributed by atoms with Gasteiger partial charge in [-0.1, -0.05) is 6.92 Å². The van der Waals surface area contributed by atoms with Gasteiger partial charge in [-0.2, -0.15) is 4.31 Å². The maximum absolute atomic E-state index is 12.2. The molecule has 8 heteroatoms. The summed E-state index contributed by atoms with van der Waals surface area (Å²) in [6, 6.07) is 4.69. The lowest BCUT2D eigenvalue weighted by molar-refractivity contribution is -0.116. The van der Waals surface area contributed by atoms with E-state index < -0.39 is 15.9 Å². The van der Waals surface area contributed by atoms with Crippen LogP contribution in [0.15, 0.2) is 18.2 Å². The fourth-order valence-corrected chi connectivity index (χ4v) is 3.21. The van der Waals surface area contributed by atoms with Crippen LogP contribution in [0.25, 0.3) is 0 Å². The molecule has 1 aromatic rings. The highest BCUT2D eigenvalue weighted by atomic mass is 32.2. The summed E-state index contributed by atoms with van der Waals surface area (Å²) in [5.41, 5.74) is 0.505. The van der Waals surface area contributed by atoms with E-state index in [0.29, 0.717) is 23.6 Å². The molecule has 130 valence electrons. The molecule has 0 radical (unpaired) electrons.